The Balaban J connectivity index is 2.18. The topological polar surface area (TPSA) is 52.6 Å². The van der Waals surface area contributed by atoms with Crippen molar-refractivity contribution in [2.45, 2.75) is 18.9 Å². The van der Waals surface area contributed by atoms with Crippen LogP contribution >= 0.6 is 0 Å². The molecule has 2 N–H and O–H groups in total. The number of piperazine rings is 1. The minimum Gasteiger partial charge on any atom is -0.465 e. The lowest BCUT2D eigenvalue weighted by molar-refractivity contribution is 0.0667. The second-order valence-electron chi connectivity index (χ2n) is 4.77. The van der Waals surface area contributed by atoms with Crippen LogP contribution < -0.4 is 5.32 Å². The first kappa shape index (κ1) is 11.9. The summed E-state index contributed by atoms with van der Waals surface area (Å²) >= 11 is 0. The van der Waals surface area contributed by atoms with Crippen LogP contribution in [0.5, 0.6) is 0 Å². The Labute approximate surface area is 101 Å². The molecule has 1 aliphatic heterocycles. The van der Waals surface area contributed by atoms with Gasteiger partial charge in [0.2, 0.25) is 0 Å². The van der Waals surface area contributed by atoms with Crippen LogP contribution in [0.2, 0.25) is 0 Å². The Bertz CT molecular complexity index is 394. The third kappa shape index (κ3) is 2.58. The van der Waals surface area contributed by atoms with Crippen LogP contribution in [0.3, 0.4) is 0 Å². The predicted octanol–water partition coefficient (Wildman–Crippen LogP) is 1.57. The second kappa shape index (κ2) is 4.75. The van der Waals surface area contributed by atoms with E-state index < -0.39 is 6.09 Å². The average molecular weight is 234 g/mol. The number of amides is 1. The maximum atomic E-state index is 11.3. The molecule has 0 saturated carbocycles. The van der Waals surface area contributed by atoms with Gasteiger partial charge in [-0.15, -0.1) is 0 Å². The zero-order chi connectivity index (χ0) is 12.3. The van der Waals surface area contributed by atoms with E-state index in [0.717, 1.165) is 13.0 Å². The summed E-state index contributed by atoms with van der Waals surface area (Å²) in [4.78, 5) is 12.8. The molecule has 1 heterocycles. The van der Waals surface area contributed by atoms with Gasteiger partial charge in [-0.25, -0.2) is 4.79 Å². The lowest BCUT2D eigenvalue weighted by Crippen LogP contribution is -2.62. The van der Waals surface area contributed by atoms with Crippen LogP contribution in [0.25, 0.3) is 0 Å². The molecule has 1 fully saturated rings. The molecule has 1 aromatic rings. The maximum absolute atomic E-state index is 11.3. The molecule has 1 amide bonds. The van der Waals surface area contributed by atoms with Crippen LogP contribution in [0.1, 0.15) is 12.5 Å². The van der Waals surface area contributed by atoms with Gasteiger partial charge in [-0.3, -0.25) is 0 Å². The molecular formula is C13H18N2O2. The van der Waals surface area contributed by atoms with Gasteiger partial charge in [0.05, 0.1) is 5.54 Å². The zero-order valence-corrected chi connectivity index (χ0v) is 10.0. The summed E-state index contributed by atoms with van der Waals surface area (Å²) in [7, 11) is 0. The van der Waals surface area contributed by atoms with Crippen molar-refractivity contribution in [3.05, 3.63) is 35.9 Å². The van der Waals surface area contributed by atoms with Gasteiger partial charge < -0.3 is 15.3 Å². The number of carbonyl (C=O) groups is 1. The fraction of sp³-hybridized carbons (Fsp3) is 0.462. The first-order valence-corrected chi connectivity index (χ1v) is 5.87. The van der Waals surface area contributed by atoms with E-state index in [1.807, 2.05) is 37.3 Å². The molecule has 1 saturated heterocycles. The standard InChI is InChI=1S/C13H18N2O2/c1-13(9-11-5-3-2-4-6-11)10-14-7-8-15(13)12(16)17/h2-6,14H,7-10H2,1H3,(H,16,17)/t13-/m0/s1. The monoisotopic (exact) mass is 234 g/mol. The van der Waals surface area contributed by atoms with Gasteiger partial charge in [0.25, 0.3) is 0 Å². The normalized spacial score (nSPS) is 24.6. The van der Waals surface area contributed by atoms with Crippen molar-refractivity contribution in [3.63, 3.8) is 0 Å². The van der Waals surface area contributed by atoms with Gasteiger partial charge in [-0.05, 0) is 18.9 Å². The number of benzene rings is 1. The van der Waals surface area contributed by atoms with Crippen molar-refractivity contribution in [2.75, 3.05) is 19.6 Å². The van der Waals surface area contributed by atoms with Crippen molar-refractivity contribution in [3.8, 4) is 0 Å². The third-order valence-electron chi connectivity index (χ3n) is 3.33. The van der Waals surface area contributed by atoms with Gasteiger partial charge in [0.1, 0.15) is 0 Å². The van der Waals surface area contributed by atoms with Gasteiger partial charge in [0, 0.05) is 19.6 Å². The lowest BCUT2D eigenvalue weighted by atomic mass is 9.89. The van der Waals surface area contributed by atoms with E-state index in [4.69, 9.17) is 0 Å². The predicted molar refractivity (Wildman–Crippen MR) is 66.2 cm³/mol. The first-order chi connectivity index (χ1) is 8.12. The lowest BCUT2D eigenvalue weighted by Gasteiger charge is -2.43. The van der Waals surface area contributed by atoms with Gasteiger partial charge in [-0.2, -0.15) is 0 Å². The number of nitrogens with one attached hydrogen (secondary N) is 1. The zero-order valence-electron chi connectivity index (χ0n) is 10.0. The summed E-state index contributed by atoms with van der Waals surface area (Å²) in [6.45, 7) is 3.99. The van der Waals surface area contributed by atoms with Crippen molar-refractivity contribution in [1.29, 1.82) is 0 Å². The molecule has 4 nitrogen and oxygen atoms in total. The Morgan fingerprint density at radius 2 is 2.18 bits per heavy atom. The molecule has 0 radical (unpaired) electrons. The van der Waals surface area contributed by atoms with Crippen LogP contribution in [0.15, 0.2) is 30.3 Å². The van der Waals surface area contributed by atoms with Crippen molar-refractivity contribution < 1.29 is 9.90 Å². The van der Waals surface area contributed by atoms with E-state index in [1.54, 1.807) is 4.90 Å². The van der Waals surface area contributed by atoms with Gasteiger partial charge in [0.15, 0.2) is 0 Å². The number of nitrogens with zero attached hydrogens (tertiary/aromatic N) is 1. The smallest absolute Gasteiger partial charge is 0.407 e. The van der Waals surface area contributed by atoms with E-state index in [2.05, 4.69) is 5.32 Å². The van der Waals surface area contributed by atoms with E-state index in [0.29, 0.717) is 13.1 Å². The summed E-state index contributed by atoms with van der Waals surface area (Å²) in [6.07, 6.45) is -0.0856. The quantitative estimate of drug-likeness (QED) is 0.816. The van der Waals surface area contributed by atoms with Crippen LogP contribution in [-0.4, -0.2) is 41.3 Å². The summed E-state index contributed by atoms with van der Waals surface area (Å²) in [5, 5.41) is 12.5. The van der Waals surface area contributed by atoms with Gasteiger partial charge in [-0.1, -0.05) is 30.3 Å². The van der Waals surface area contributed by atoms with E-state index >= 15 is 0 Å². The molecule has 17 heavy (non-hydrogen) atoms. The summed E-state index contributed by atoms with van der Waals surface area (Å²) in [5.41, 5.74) is 0.816. The van der Waals surface area contributed by atoms with Crippen LogP contribution in [0.4, 0.5) is 4.79 Å². The second-order valence-corrected chi connectivity index (χ2v) is 4.77. The average Bonchev–Trinajstić information content (AvgIpc) is 2.30. The number of carboxylic acid groups (broad SMARTS) is 1. The Morgan fingerprint density at radius 1 is 1.47 bits per heavy atom. The molecule has 0 bridgehead atoms. The number of rotatable bonds is 2. The van der Waals surface area contributed by atoms with Crippen molar-refractivity contribution >= 4 is 6.09 Å². The van der Waals surface area contributed by atoms with Crippen molar-refractivity contribution in [1.82, 2.24) is 10.2 Å². The molecule has 92 valence electrons. The minimum atomic E-state index is -0.829. The fourth-order valence-electron chi connectivity index (χ4n) is 2.43. The highest BCUT2D eigenvalue weighted by Gasteiger charge is 2.37. The fourth-order valence-corrected chi connectivity index (χ4v) is 2.43. The SMILES string of the molecule is C[C@]1(Cc2ccccc2)CNCCN1C(=O)O. The number of hydrogen-bond donors (Lipinski definition) is 2. The molecule has 1 atom stereocenters. The highest BCUT2D eigenvalue weighted by atomic mass is 16.4. The van der Waals surface area contributed by atoms with E-state index in [1.165, 1.54) is 5.56 Å². The molecule has 0 unspecified atom stereocenters. The molecule has 0 spiro atoms. The molecule has 2 rings (SSSR count). The van der Waals surface area contributed by atoms with Crippen LogP contribution in [0, 0.1) is 0 Å². The molecule has 1 aliphatic rings. The largest absolute Gasteiger partial charge is 0.465 e. The minimum absolute atomic E-state index is 0.356. The van der Waals surface area contributed by atoms with Gasteiger partial charge >= 0.3 is 6.09 Å². The Morgan fingerprint density at radius 3 is 2.82 bits per heavy atom. The molecular weight excluding hydrogens is 216 g/mol. The highest BCUT2D eigenvalue weighted by molar-refractivity contribution is 5.66. The third-order valence-corrected chi connectivity index (χ3v) is 3.33. The molecule has 0 aliphatic carbocycles. The molecule has 4 heteroatoms. The first-order valence-electron chi connectivity index (χ1n) is 5.87. The molecule has 0 aromatic heterocycles. The Kier molecular flexibility index (Phi) is 3.33. The summed E-state index contributed by atoms with van der Waals surface area (Å²) in [6, 6.07) is 10.0. The summed E-state index contributed by atoms with van der Waals surface area (Å²) in [5.74, 6) is 0. The van der Waals surface area contributed by atoms with Crippen molar-refractivity contribution in [2.24, 2.45) is 0 Å². The van der Waals surface area contributed by atoms with E-state index in [-0.39, 0.29) is 5.54 Å². The Hall–Kier alpha value is -1.55. The van der Waals surface area contributed by atoms with Crippen LogP contribution in [-0.2, 0) is 6.42 Å². The number of hydrogen-bond acceptors (Lipinski definition) is 2. The highest BCUT2D eigenvalue weighted by Crippen LogP contribution is 2.22. The summed E-state index contributed by atoms with van der Waals surface area (Å²) < 4.78 is 0. The molecule has 1 aromatic carbocycles. The maximum Gasteiger partial charge on any atom is 0.407 e. The van der Waals surface area contributed by atoms with E-state index in [9.17, 15) is 9.90 Å².